The molecule has 3 radical (unpaired) electrons. The monoisotopic (exact) mass is 553 g/mol. The number of amides is 1. The van der Waals surface area contributed by atoms with Crippen LogP contribution in [0, 0.1) is 11.3 Å². The second kappa shape index (κ2) is 9.00. The number of nitriles is 1. The van der Waals surface area contributed by atoms with Crippen molar-refractivity contribution in [2.45, 2.75) is 25.6 Å². The first-order valence-electron chi connectivity index (χ1n) is 8.46. The molecule has 1 aromatic carbocycles. The van der Waals surface area contributed by atoms with Gasteiger partial charge in [0.25, 0.3) is 0 Å². The van der Waals surface area contributed by atoms with E-state index < -0.39 is 17.8 Å². The minimum atomic E-state index is -3.21. The second-order valence-electron chi connectivity index (χ2n) is 6.11. The van der Waals surface area contributed by atoms with Crippen LogP contribution in [0.25, 0.3) is 5.13 Å². The molecule has 0 aliphatic rings. The SMILES string of the molecule is C[B]C(F)(F)c1cc(Cl)cc(C(=O)[N]([Sb])[C@@H](C)c2ncnn2-c2ncc(C#N)s2)c1. The van der Waals surface area contributed by atoms with Crippen LogP contribution in [0.15, 0.2) is 30.7 Å². The van der Waals surface area contributed by atoms with Crippen LogP contribution in [0.2, 0.25) is 11.8 Å². The zero-order valence-electron chi connectivity index (χ0n) is 15.6. The number of nitrogens with zero attached hydrogens (tertiary/aromatic N) is 6. The fraction of sp³-hybridized carbons (Fsp3) is 0.235. The molecule has 3 rings (SSSR count). The molecule has 0 unspecified atom stereocenters. The number of hydrogen-bond acceptors (Lipinski definition) is 6. The van der Waals surface area contributed by atoms with Crippen LogP contribution >= 0.6 is 22.9 Å². The van der Waals surface area contributed by atoms with Crippen molar-refractivity contribution in [1.82, 2.24) is 22.8 Å². The summed E-state index contributed by atoms with van der Waals surface area (Å²) in [5.41, 5.74) is -0.318. The van der Waals surface area contributed by atoms with E-state index in [0.717, 1.165) is 54.0 Å². The number of halogens is 3. The van der Waals surface area contributed by atoms with Gasteiger partial charge in [-0.15, -0.1) is 0 Å². The summed E-state index contributed by atoms with van der Waals surface area (Å²) in [5.74, 6) is -3.28. The van der Waals surface area contributed by atoms with E-state index >= 15 is 0 Å². The molecular weight excluding hydrogens is 542 g/mol. The van der Waals surface area contributed by atoms with Crippen molar-refractivity contribution in [3.8, 4) is 11.2 Å². The molecule has 0 bridgehead atoms. The van der Waals surface area contributed by atoms with Crippen molar-refractivity contribution in [2.75, 3.05) is 0 Å². The summed E-state index contributed by atoms with van der Waals surface area (Å²) < 4.78 is 31.0. The molecule has 0 spiro atoms. The second-order valence-corrected chi connectivity index (χ2v) is 8.79. The molecule has 0 aliphatic carbocycles. The van der Waals surface area contributed by atoms with E-state index in [1.165, 1.54) is 33.2 Å². The van der Waals surface area contributed by atoms with E-state index in [2.05, 4.69) is 15.1 Å². The summed E-state index contributed by atoms with van der Waals surface area (Å²) in [4.78, 5) is 21.8. The predicted octanol–water partition coefficient (Wildman–Crippen LogP) is 3.34. The summed E-state index contributed by atoms with van der Waals surface area (Å²) in [5, 5.41) is 13.6. The van der Waals surface area contributed by atoms with Gasteiger partial charge in [0.05, 0.1) is 0 Å². The Balaban J connectivity index is 1.91. The fourth-order valence-electron chi connectivity index (χ4n) is 2.59. The van der Waals surface area contributed by atoms with Gasteiger partial charge in [0.2, 0.25) is 0 Å². The van der Waals surface area contributed by atoms with Crippen LogP contribution in [0.3, 0.4) is 0 Å². The zero-order chi connectivity index (χ0) is 22.1. The third kappa shape index (κ3) is 4.51. The molecule has 2 heterocycles. The van der Waals surface area contributed by atoms with Crippen molar-refractivity contribution in [1.29, 1.82) is 5.26 Å². The van der Waals surface area contributed by atoms with E-state index in [-0.39, 0.29) is 16.1 Å². The van der Waals surface area contributed by atoms with Crippen LogP contribution in [-0.2, 0) is 5.82 Å². The number of carbonyl (C=O) groups is 1. The van der Waals surface area contributed by atoms with Crippen molar-refractivity contribution < 1.29 is 13.6 Å². The molecule has 0 saturated heterocycles. The van der Waals surface area contributed by atoms with E-state index in [9.17, 15) is 13.6 Å². The first kappa shape index (κ1) is 22.7. The summed E-state index contributed by atoms with van der Waals surface area (Å²) >= 11 is 8.20. The van der Waals surface area contributed by atoms with Gasteiger partial charge in [-0.1, -0.05) is 0 Å². The minimum absolute atomic E-state index is 0.0407. The van der Waals surface area contributed by atoms with E-state index in [1.54, 1.807) is 6.92 Å². The average molecular weight is 554 g/mol. The van der Waals surface area contributed by atoms with Crippen LogP contribution in [0.1, 0.15) is 39.6 Å². The maximum absolute atomic E-state index is 14.1. The summed E-state index contributed by atoms with van der Waals surface area (Å²) in [6, 6.07) is 5.07. The molecule has 30 heavy (non-hydrogen) atoms. The molecule has 151 valence electrons. The Kier molecular flexibility index (Phi) is 6.80. The molecule has 3 aromatic rings. The molecule has 2 aromatic heterocycles. The first-order chi connectivity index (χ1) is 14.2. The number of hydrogen-bond donors (Lipinski definition) is 0. The van der Waals surface area contributed by atoms with Crippen molar-refractivity contribution in [3.05, 3.63) is 57.6 Å². The van der Waals surface area contributed by atoms with E-state index in [1.807, 2.05) is 6.07 Å². The van der Waals surface area contributed by atoms with Gasteiger partial charge in [-0.3, -0.25) is 0 Å². The number of carbonyl (C=O) groups excluding carboxylic acids is 1. The van der Waals surface area contributed by atoms with Crippen molar-refractivity contribution in [2.24, 2.45) is 0 Å². The normalized spacial score (nSPS) is 12.3. The molecule has 1 amide bonds. The quantitative estimate of drug-likeness (QED) is 0.437. The Morgan fingerprint density at radius 1 is 1.43 bits per heavy atom. The number of benzene rings is 1. The molecule has 7 nitrogen and oxygen atoms in total. The molecule has 13 heteroatoms. The van der Waals surface area contributed by atoms with Crippen LogP contribution in [-0.4, -0.2) is 59.3 Å². The Bertz CT molecular complexity index is 1130. The molecule has 0 fully saturated rings. The average Bonchev–Trinajstić information content (AvgIpc) is 3.40. The van der Waals surface area contributed by atoms with Gasteiger partial charge in [0, 0.05) is 0 Å². The standard InChI is InChI=1S/C17H13BClF2N6OS.Sb/c1-9(14-24-8-25-27(14)16-23-7-13(6-22)29-16)26-15(28)10-3-11(5-12(19)4-10)17(20,21)18-2;/h3-5,7-9H,1-2H3,(H,26,28);/q;+1/p-1/t9-;/m0./s1. The van der Waals surface area contributed by atoms with Gasteiger partial charge in [0.15, 0.2) is 0 Å². The van der Waals surface area contributed by atoms with Gasteiger partial charge >= 0.3 is 195 Å². The maximum atomic E-state index is 14.1. The Labute approximate surface area is 194 Å². The van der Waals surface area contributed by atoms with Gasteiger partial charge in [-0.05, 0) is 0 Å². The fourth-order valence-corrected chi connectivity index (χ4v) is 4.13. The Morgan fingerprint density at radius 2 is 2.17 bits per heavy atom. The third-order valence-electron chi connectivity index (χ3n) is 4.20. The molecule has 0 saturated carbocycles. The molecule has 1 atom stereocenters. The summed E-state index contributed by atoms with van der Waals surface area (Å²) in [7, 11) is 0.744. The van der Waals surface area contributed by atoms with Crippen molar-refractivity contribution >= 4 is 59.4 Å². The number of alkyl halides is 2. The summed E-state index contributed by atoms with van der Waals surface area (Å²) in [6.07, 6.45) is 2.74. The number of thiazole rings is 1. The third-order valence-corrected chi connectivity index (χ3v) is 6.80. The zero-order valence-corrected chi connectivity index (χ0v) is 19.7. The van der Waals surface area contributed by atoms with Gasteiger partial charge < -0.3 is 0 Å². The number of aromatic nitrogens is 4. The topological polar surface area (TPSA) is 87.7 Å². The van der Waals surface area contributed by atoms with Crippen LogP contribution < -0.4 is 0 Å². The van der Waals surface area contributed by atoms with Crippen LogP contribution in [0.5, 0.6) is 0 Å². The number of rotatable bonds is 6. The van der Waals surface area contributed by atoms with E-state index in [0.29, 0.717) is 15.8 Å². The molecular formula is C17H12BClF2N6OSSb. The van der Waals surface area contributed by atoms with Crippen molar-refractivity contribution in [3.63, 3.8) is 0 Å². The van der Waals surface area contributed by atoms with Crippen LogP contribution in [0.4, 0.5) is 8.78 Å². The van der Waals surface area contributed by atoms with E-state index in [4.69, 9.17) is 16.9 Å². The Hall–Kier alpha value is -2.02. The first-order valence-corrected chi connectivity index (χ1v) is 10.8. The molecule has 0 aliphatic heterocycles. The Morgan fingerprint density at radius 3 is 2.80 bits per heavy atom. The summed E-state index contributed by atoms with van der Waals surface area (Å²) in [6.45, 7) is 2.97. The van der Waals surface area contributed by atoms with Gasteiger partial charge in [-0.25, -0.2) is 0 Å². The van der Waals surface area contributed by atoms with Gasteiger partial charge in [-0.2, -0.15) is 0 Å². The van der Waals surface area contributed by atoms with Gasteiger partial charge in [0.1, 0.15) is 0 Å². The predicted molar refractivity (Wildman–Crippen MR) is 109 cm³/mol. The molecule has 0 N–H and O–H groups in total.